The molecule has 1 rings (SSSR count). The summed E-state index contributed by atoms with van der Waals surface area (Å²) in [6.07, 6.45) is 0. The number of halogens is 1. The van der Waals surface area contributed by atoms with E-state index in [0.29, 0.717) is 6.54 Å². The summed E-state index contributed by atoms with van der Waals surface area (Å²) in [5, 5.41) is 2.51. The first-order valence-corrected chi connectivity index (χ1v) is 3.53. The van der Waals surface area contributed by atoms with Crippen LogP contribution in [0.25, 0.3) is 0 Å². The Kier molecular flexibility index (Phi) is 2.80. The quantitative estimate of drug-likeness (QED) is 0.704. The Bertz CT molecular complexity index is 268. The molecule has 63 valence electrons. The molecule has 1 aromatic carbocycles. The highest BCUT2D eigenvalue weighted by atomic mass is 19.1. The molecule has 0 saturated heterocycles. The highest BCUT2D eigenvalue weighted by Crippen LogP contribution is 2.01. The molecule has 0 spiro atoms. The lowest BCUT2D eigenvalue weighted by Crippen LogP contribution is -2.19. The number of hydrogen-bond donors (Lipinski definition) is 1. The van der Waals surface area contributed by atoms with Crippen molar-refractivity contribution in [3.05, 3.63) is 42.6 Å². The van der Waals surface area contributed by atoms with E-state index in [0.717, 1.165) is 5.56 Å². The Balaban J connectivity index is 2.53. The van der Waals surface area contributed by atoms with E-state index in [9.17, 15) is 9.18 Å². The summed E-state index contributed by atoms with van der Waals surface area (Å²) in [5.74, 6) is -0.612. The van der Waals surface area contributed by atoms with Gasteiger partial charge in [0.2, 0.25) is 5.91 Å². The van der Waals surface area contributed by atoms with E-state index in [1.165, 1.54) is 12.1 Å². The van der Waals surface area contributed by atoms with Crippen molar-refractivity contribution in [3.8, 4) is 0 Å². The summed E-state index contributed by atoms with van der Waals surface area (Å²) in [5.41, 5.74) is 0.855. The lowest BCUT2D eigenvalue weighted by molar-refractivity contribution is -0.116. The van der Waals surface area contributed by atoms with Gasteiger partial charge in [0.05, 0.1) is 0 Å². The number of carbonyl (C=O) groups excluding carboxylic acids is 1. The van der Waals surface area contributed by atoms with Crippen molar-refractivity contribution in [1.82, 2.24) is 5.32 Å². The van der Waals surface area contributed by atoms with E-state index in [4.69, 9.17) is 0 Å². The minimum absolute atomic E-state index is 0.278. The van der Waals surface area contributed by atoms with Gasteiger partial charge in [-0.15, -0.1) is 0 Å². The smallest absolute Gasteiger partial charge is 0.220 e. The van der Waals surface area contributed by atoms with E-state index < -0.39 is 0 Å². The van der Waals surface area contributed by atoms with Crippen LogP contribution >= 0.6 is 0 Å². The van der Waals surface area contributed by atoms with Gasteiger partial charge in [0, 0.05) is 13.5 Å². The number of nitrogens with one attached hydrogen (secondary N) is 1. The van der Waals surface area contributed by atoms with Crippen LogP contribution in [0, 0.1) is 12.7 Å². The second-order valence-corrected chi connectivity index (χ2v) is 2.40. The molecule has 0 unspecified atom stereocenters. The van der Waals surface area contributed by atoms with E-state index in [1.807, 2.05) is 0 Å². The van der Waals surface area contributed by atoms with Crippen molar-refractivity contribution in [2.24, 2.45) is 0 Å². The molecule has 1 aromatic rings. The molecule has 3 heteroatoms. The van der Waals surface area contributed by atoms with Gasteiger partial charge in [-0.2, -0.15) is 0 Å². The predicted octanol–water partition coefficient (Wildman–Crippen LogP) is 1.28. The van der Waals surface area contributed by atoms with Crippen LogP contribution in [-0.4, -0.2) is 5.91 Å². The van der Waals surface area contributed by atoms with Crippen LogP contribution < -0.4 is 5.32 Å². The Labute approximate surface area is 70.4 Å². The van der Waals surface area contributed by atoms with Gasteiger partial charge in [0.15, 0.2) is 0 Å². The van der Waals surface area contributed by atoms with E-state index in [2.05, 4.69) is 12.2 Å². The molecule has 0 aliphatic heterocycles. The van der Waals surface area contributed by atoms with Crippen molar-refractivity contribution >= 4 is 5.91 Å². The van der Waals surface area contributed by atoms with Gasteiger partial charge >= 0.3 is 0 Å². The number of carbonyl (C=O) groups is 1. The zero-order chi connectivity index (χ0) is 8.97. The monoisotopic (exact) mass is 166 g/mol. The molecule has 0 aromatic heterocycles. The molecule has 0 saturated carbocycles. The van der Waals surface area contributed by atoms with Crippen LogP contribution in [0.4, 0.5) is 4.39 Å². The maximum absolute atomic E-state index is 12.4. The van der Waals surface area contributed by atoms with Crippen LogP contribution in [-0.2, 0) is 11.3 Å². The summed E-state index contributed by atoms with van der Waals surface area (Å²) < 4.78 is 12.4. The molecule has 12 heavy (non-hydrogen) atoms. The fourth-order valence-corrected chi connectivity index (χ4v) is 0.803. The van der Waals surface area contributed by atoms with Gasteiger partial charge in [0.25, 0.3) is 0 Å². The van der Waals surface area contributed by atoms with Gasteiger partial charge in [0.1, 0.15) is 5.82 Å². The number of amides is 1. The molecule has 0 atom stereocenters. The molecule has 1 amide bonds. The predicted molar refractivity (Wildman–Crippen MR) is 43.6 cm³/mol. The molecule has 0 fully saturated rings. The number of rotatable bonds is 2. The summed E-state index contributed by atoms with van der Waals surface area (Å²) >= 11 is 0. The standard InChI is InChI=1S/C9H9FNO/c1-7(12)11-6-8-2-4-9(10)5-3-8/h2-5H,1,6H2,(H,11,12). The molecule has 0 bridgehead atoms. The third-order valence-corrected chi connectivity index (χ3v) is 1.40. The minimum atomic E-state index is -0.334. The van der Waals surface area contributed by atoms with Crippen molar-refractivity contribution < 1.29 is 9.18 Å². The number of benzene rings is 1. The lowest BCUT2D eigenvalue weighted by Gasteiger charge is -2.00. The second kappa shape index (κ2) is 3.85. The van der Waals surface area contributed by atoms with Crippen LogP contribution in [0.15, 0.2) is 24.3 Å². The molecule has 1 radical (unpaired) electrons. The number of hydrogen-bond acceptors (Lipinski definition) is 1. The summed E-state index contributed by atoms with van der Waals surface area (Å²) in [6, 6.07) is 5.94. The Morgan fingerprint density at radius 1 is 1.42 bits per heavy atom. The van der Waals surface area contributed by atoms with E-state index in [-0.39, 0.29) is 11.7 Å². The van der Waals surface area contributed by atoms with Gasteiger partial charge in [-0.05, 0) is 17.7 Å². The fourth-order valence-electron chi connectivity index (χ4n) is 0.803. The largest absolute Gasteiger partial charge is 0.352 e. The Hall–Kier alpha value is -1.38. The average Bonchev–Trinajstić information content (AvgIpc) is 2.03. The first-order chi connectivity index (χ1) is 5.68. The van der Waals surface area contributed by atoms with Crippen LogP contribution in [0.2, 0.25) is 0 Å². The van der Waals surface area contributed by atoms with Crippen molar-refractivity contribution in [2.45, 2.75) is 6.54 Å². The summed E-state index contributed by atoms with van der Waals surface area (Å²) in [6.45, 7) is 3.54. The zero-order valence-electron chi connectivity index (χ0n) is 6.51. The third-order valence-electron chi connectivity index (χ3n) is 1.40. The molecular formula is C9H9FNO. The molecule has 2 nitrogen and oxygen atoms in total. The van der Waals surface area contributed by atoms with Crippen LogP contribution in [0.1, 0.15) is 5.56 Å². The molecule has 0 aliphatic carbocycles. The summed E-state index contributed by atoms with van der Waals surface area (Å²) in [7, 11) is 0. The average molecular weight is 166 g/mol. The van der Waals surface area contributed by atoms with Gasteiger partial charge < -0.3 is 5.32 Å². The molecule has 0 heterocycles. The third kappa shape index (κ3) is 2.70. The highest BCUT2D eigenvalue weighted by Gasteiger charge is 1.94. The van der Waals surface area contributed by atoms with Crippen molar-refractivity contribution in [1.29, 1.82) is 0 Å². The normalized spacial score (nSPS) is 9.50. The SMILES string of the molecule is [CH2]C(=O)NCc1ccc(F)cc1. The molecular weight excluding hydrogens is 157 g/mol. The Morgan fingerprint density at radius 3 is 2.50 bits per heavy atom. The van der Waals surface area contributed by atoms with E-state index in [1.54, 1.807) is 12.1 Å². The first kappa shape index (κ1) is 8.71. The van der Waals surface area contributed by atoms with Crippen LogP contribution in [0.3, 0.4) is 0 Å². The van der Waals surface area contributed by atoms with Crippen molar-refractivity contribution in [3.63, 3.8) is 0 Å². The lowest BCUT2D eigenvalue weighted by atomic mass is 10.2. The molecule has 1 N–H and O–H groups in total. The maximum Gasteiger partial charge on any atom is 0.220 e. The maximum atomic E-state index is 12.4. The topological polar surface area (TPSA) is 29.1 Å². The van der Waals surface area contributed by atoms with Gasteiger partial charge in [-0.1, -0.05) is 12.1 Å². The second-order valence-electron chi connectivity index (χ2n) is 2.40. The van der Waals surface area contributed by atoms with E-state index >= 15 is 0 Å². The first-order valence-electron chi connectivity index (χ1n) is 3.53. The molecule has 0 aliphatic rings. The van der Waals surface area contributed by atoms with Gasteiger partial charge in [-0.25, -0.2) is 4.39 Å². The summed E-state index contributed by atoms with van der Waals surface area (Å²) in [4.78, 5) is 10.4. The zero-order valence-corrected chi connectivity index (χ0v) is 6.51. The Morgan fingerprint density at radius 2 is 2.00 bits per heavy atom. The van der Waals surface area contributed by atoms with Gasteiger partial charge in [-0.3, -0.25) is 4.79 Å². The fraction of sp³-hybridized carbons (Fsp3) is 0.111. The minimum Gasteiger partial charge on any atom is -0.352 e. The van der Waals surface area contributed by atoms with Crippen LogP contribution in [0.5, 0.6) is 0 Å². The van der Waals surface area contributed by atoms with Crippen molar-refractivity contribution in [2.75, 3.05) is 0 Å². The highest BCUT2D eigenvalue weighted by molar-refractivity contribution is 5.79.